The molecule has 1 aromatic rings. The number of phenols is 1. The maximum Gasteiger partial charge on any atom is 0.121 e. The van der Waals surface area contributed by atoms with Crippen LogP contribution in [-0.2, 0) is 17.8 Å². The molecule has 64 valence electrons. The van der Waals surface area contributed by atoms with Crippen molar-refractivity contribution in [3.63, 3.8) is 0 Å². The zero-order chi connectivity index (χ0) is 8.55. The summed E-state index contributed by atoms with van der Waals surface area (Å²) in [5, 5.41) is 9.46. The number of fused-ring (bicyclic) bond motifs is 1. The van der Waals surface area contributed by atoms with Gasteiger partial charge in [-0.1, -0.05) is 12.1 Å². The summed E-state index contributed by atoms with van der Waals surface area (Å²) in [7, 11) is 0. The van der Waals surface area contributed by atoms with Crippen LogP contribution < -0.4 is 0 Å². The molecule has 1 atom stereocenters. The number of ether oxygens (including phenoxy) is 1. The minimum atomic E-state index is 0.277. The predicted octanol–water partition coefficient (Wildman–Crippen LogP) is 1.85. The van der Waals surface area contributed by atoms with Crippen molar-refractivity contribution in [1.29, 1.82) is 0 Å². The fraction of sp³-hybridized carbons (Fsp3) is 0.400. The van der Waals surface area contributed by atoms with Gasteiger partial charge in [0.25, 0.3) is 0 Å². The molecule has 1 aromatic carbocycles. The second kappa shape index (κ2) is 2.79. The molecule has 0 spiro atoms. The van der Waals surface area contributed by atoms with Crippen LogP contribution in [0, 0.1) is 0 Å². The molecule has 1 aliphatic rings. The first-order valence-electron chi connectivity index (χ1n) is 4.18. The van der Waals surface area contributed by atoms with Crippen LogP contribution in [0.5, 0.6) is 5.75 Å². The molecular formula is C10H12O2. The quantitative estimate of drug-likeness (QED) is 0.634. The third-order valence-corrected chi connectivity index (χ3v) is 2.27. The third kappa shape index (κ3) is 1.18. The van der Waals surface area contributed by atoms with Crippen LogP contribution in [-0.4, -0.2) is 11.2 Å². The Balaban J connectivity index is 2.42. The van der Waals surface area contributed by atoms with E-state index in [4.69, 9.17) is 4.74 Å². The van der Waals surface area contributed by atoms with Gasteiger partial charge in [0.1, 0.15) is 5.75 Å². The second-order valence-electron chi connectivity index (χ2n) is 3.24. The molecule has 12 heavy (non-hydrogen) atoms. The highest BCUT2D eigenvalue weighted by molar-refractivity contribution is 5.39. The van der Waals surface area contributed by atoms with Gasteiger partial charge in [-0.05, 0) is 25.0 Å². The van der Waals surface area contributed by atoms with Crippen LogP contribution in [0.15, 0.2) is 18.2 Å². The molecule has 0 fully saturated rings. The highest BCUT2D eigenvalue weighted by Crippen LogP contribution is 2.27. The zero-order valence-corrected chi connectivity index (χ0v) is 7.08. The zero-order valence-electron chi connectivity index (χ0n) is 7.08. The molecule has 0 saturated heterocycles. The van der Waals surface area contributed by atoms with Gasteiger partial charge < -0.3 is 9.84 Å². The summed E-state index contributed by atoms with van der Waals surface area (Å²) in [6.07, 6.45) is 1.18. The molecule has 1 unspecified atom stereocenters. The van der Waals surface area contributed by atoms with Gasteiger partial charge in [-0.2, -0.15) is 0 Å². The van der Waals surface area contributed by atoms with Crippen LogP contribution in [0.2, 0.25) is 0 Å². The van der Waals surface area contributed by atoms with E-state index in [9.17, 15) is 5.11 Å². The van der Waals surface area contributed by atoms with E-state index in [0.717, 1.165) is 12.0 Å². The topological polar surface area (TPSA) is 29.5 Å². The molecule has 0 bridgehead atoms. The molecule has 2 rings (SSSR count). The van der Waals surface area contributed by atoms with Crippen LogP contribution in [0.1, 0.15) is 18.1 Å². The largest absolute Gasteiger partial charge is 0.508 e. The molecule has 2 nitrogen and oxygen atoms in total. The van der Waals surface area contributed by atoms with Crippen molar-refractivity contribution in [2.45, 2.75) is 26.1 Å². The highest BCUT2D eigenvalue weighted by atomic mass is 16.5. The van der Waals surface area contributed by atoms with Gasteiger partial charge in [-0.15, -0.1) is 0 Å². The average molecular weight is 164 g/mol. The maximum atomic E-state index is 9.46. The summed E-state index contributed by atoms with van der Waals surface area (Å²) in [6, 6.07) is 5.64. The molecule has 1 N–H and O–H groups in total. The van der Waals surface area contributed by atoms with E-state index in [0.29, 0.717) is 12.4 Å². The highest BCUT2D eigenvalue weighted by Gasteiger charge is 2.17. The molecule has 0 aromatic heterocycles. The van der Waals surface area contributed by atoms with Gasteiger partial charge in [-0.3, -0.25) is 0 Å². The van der Waals surface area contributed by atoms with Crippen molar-refractivity contribution in [3.8, 4) is 5.75 Å². The smallest absolute Gasteiger partial charge is 0.121 e. The Morgan fingerprint density at radius 2 is 2.33 bits per heavy atom. The number of phenolic OH excluding ortho intramolecular Hbond substituents is 1. The summed E-state index contributed by atoms with van der Waals surface area (Å²) in [4.78, 5) is 0. The molecule has 0 amide bonds. The lowest BCUT2D eigenvalue weighted by atomic mass is 9.99. The maximum absolute atomic E-state index is 9.46. The first-order valence-corrected chi connectivity index (χ1v) is 4.18. The van der Waals surface area contributed by atoms with Gasteiger partial charge >= 0.3 is 0 Å². The molecular weight excluding hydrogens is 152 g/mol. The Hall–Kier alpha value is -1.02. The molecule has 1 heterocycles. The van der Waals surface area contributed by atoms with Crippen LogP contribution in [0.3, 0.4) is 0 Å². The average Bonchev–Trinajstić information content (AvgIpc) is 2.04. The lowest BCUT2D eigenvalue weighted by Gasteiger charge is -2.22. The van der Waals surface area contributed by atoms with Gasteiger partial charge in [0, 0.05) is 5.56 Å². The lowest BCUT2D eigenvalue weighted by molar-refractivity contribution is 0.0397. The first kappa shape index (κ1) is 7.62. The van der Waals surface area contributed by atoms with Crippen molar-refractivity contribution in [2.75, 3.05) is 0 Å². The van der Waals surface area contributed by atoms with Crippen molar-refractivity contribution >= 4 is 0 Å². The summed E-state index contributed by atoms with van der Waals surface area (Å²) in [6.45, 7) is 2.59. The van der Waals surface area contributed by atoms with E-state index >= 15 is 0 Å². The third-order valence-electron chi connectivity index (χ3n) is 2.27. The fourth-order valence-corrected chi connectivity index (χ4v) is 1.57. The first-order chi connectivity index (χ1) is 5.77. The minimum Gasteiger partial charge on any atom is -0.508 e. The fourth-order valence-electron chi connectivity index (χ4n) is 1.57. The van der Waals surface area contributed by atoms with E-state index < -0.39 is 0 Å². The van der Waals surface area contributed by atoms with Gasteiger partial charge in [-0.25, -0.2) is 0 Å². The van der Waals surface area contributed by atoms with Gasteiger partial charge in [0.2, 0.25) is 0 Å². The molecule has 0 saturated carbocycles. The van der Waals surface area contributed by atoms with Crippen molar-refractivity contribution in [3.05, 3.63) is 29.3 Å². The van der Waals surface area contributed by atoms with Crippen LogP contribution in [0.4, 0.5) is 0 Å². The second-order valence-corrected chi connectivity index (χ2v) is 3.24. The van der Waals surface area contributed by atoms with Crippen molar-refractivity contribution in [1.82, 2.24) is 0 Å². The number of hydrogen-bond donors (Lipinski definition) is 1. The Kier molecular flexibility index (Phi) is 1.77. The van der Waals surface area contributed by atoms with Crippen LogP contribution in [0.25, 0.3) is 0 Å². The number of hydrogen-bond acceptors (Lipinski definition) is 2. The van der Waals surface area contributed by atoms with Crippen molar-refractivity contribution in [2.24, 2.45) is 0 Å². The van der Waals surface area contributed by atoms with Gasteiger partial charge in [0.05, 0.1) is 12.7 Å². The Bertz CT molecular complexity index is 294. The lowest BCUT2D eigenvalue weighted by Crippen LogP contribution is -2.18. The standard InChI is InChI=1S/C10H12O2/c1-7-5-8-3-2-4-10(11)9(8)6-12-7/h2-4,7,11H,5-6H2,1H3. The summed E-state index contributed by atoms with van der Waals surface area (Å²) >= 11 is 0. The van der Waals surface area contributed by atoms with E-state index in [2.05, 4.69) is 0 Å². The SMILES string of the molecule is CC1Cc2cccc(O)c2CO1. The number of aromatic hydroxyl groups is 1. The van der Waals surface area contributed by atoms with Crippen LogP contribution >= 0.6 is 0 Å². The van der Waals surface area contributed by atoms with Gasteiger partial charge in [0.15, 0.2) is 0 Å². The summed E-state index contributed by atoms with van der Waals surface area (Å²) in [5.41, 5.74) is 2.17. The normalized spacial score (nSPS) is 21.9. The van der Waals surface area contributed by atoms with E-state index in [1.807, 2.05) is 19.1 Å². The number of rotatable bonds is 0. The van der Waals surface area contributed by atoms with E-state index in [-0.39, 0.29) is 6.10 Å². The minimum absolute atomic E-state index is 0.277. The van der Waals surface area contributed by atoms with Crippen molar-refractivity contribution < 1.29 is 9.84 Å². The van der Waals surface area contributed by atoms with E-state index in [1.165, 1.54) is 5.56 Å². The molecule has 2 heteroatoms. The summed E-state index contributed by atoms with van der Waals surface area (Å²) in [5.74, 6) is 0.361. The summed E-state index contributed by atoms with van der Waals surface area (Å²) < 4.78 is 5.43. The number of benzene rings is 1. The predicted molar refractivity (Wildman–Crippen MR) is 46.1 cm³/mol. The Morgan fingerprint density at radius 3 is 3.17 bits per heavy atom. The van der Waals surface area contributed by atoms with E-state index in [1.54, 1.807) is 6.07 Å². The molecule has 0 radical (unpaired) electrons. The molecule has 0 aliphatic carbocycles. The Labute approximate surface area is 71.8 Å². The monoisotopic (exact) mass is 164 g/mol. The Morgan fingerprint density at radius 1 is 1.50 bits per heavy atom. The molecule has 1 aliphatic heterocycles.